The number of para-hydroxylation sites is 1. The number of halogens is 1. The molecule has 4 rings (SSSR count). The van der Waals surface area contributed by atoms with Gasteiger partial charge in [0.25, 0.3) is 0 Å². The van der Waals surface area contributed by atoms with Gasteiger partial charge in [-0.05, 0) is 69.1 Å². The summed E-state index contributed by atoms with van der Waals surface area (Å²) in [7, 11) is 1.65. The Bertz CT molecular complexity index is 937. The summed E-state index contributed by atoms with van der Waals surface area (Å²) in [5.41, 5.74) is 0.465. The van der Waals surface area contributed by atoms with Crippen molar-refractivity contribution in [1.82, 2.24) is 10.2 Å². The molecule has 2 amide bonds. The van der Waals surface area contributed by atoms with Crippen LogP contribution in [0.1, 0.15) is 37.3 Å². The lowest BCUT2D eigenvalue weighted by Gasteiger charge is -2.30. The van der Waals surface area contributed by atoms with Crippen LogP contribution in [0.15, 0.2) is 48.5 Å². The van der Waals surface area contributed by atoms with Gasteiger partial charge in [0.15, 0.2) is 0 Å². The van der Waals surface area contributed by atoms with E-state index in [9.17, 15) is 14.0 Å². The van der Waals surface area contributed by atoms with Crippen LogP contribution in [0.3, 0.4) is 0 Å². The van der Waals surface area contributed by atoms with Crippen molar-refractivity contribution in [1.29, 1.82) is 0 Å². The molecular weight excluding hydrogens is 397 g/mol. The molecule has 2 aliphatic rings. The molecule has 6 nitrogen and oxygen atoms in total. The fourth-order valence-corrected chi connectivity index (χ4v) is 4.26. The standard InChI is InChI=1S/C24H28FN3O3/c1-31-21-7-3-2-6-19(21)20(28-14-4-5-15-28)16-26-22(29)24(12-13-24)23(30)27-18-10-8-17(25)9-11-18/h2-3,6-11,20H,4-5,12-16H2,1H3,(H,26,29)(H,27,30). The van der Waals surface area contributed by atoms with Crippen LogP contribution in [0, 0.1) is 11.2 Å². The molecule has 1 saturated heterocycles. The summed E-state index contributed by atoms with van der Waals surface area (Å²) in [4.78, 5) is 28.2. The zero-order chi connectivity index (χ0) is 21.8. The maximum Gasteiger partial charge on any atom is 0.240 e. The number of nitrogens with one attached hydrogen (secondary N) is 2. The van der Waals surface area contributed by atoms with E-state index in [0.717, 1.165) is 37.2 Å². The third kappa shape index (κ3) is 4.56. The highest BCUT2D eigenvalue weighted by Gasteiger charge is 2.56. The molecule has 31 heavy (non-hydrogen) atoms. The SMILES string of the molecule is COc1ccccc1C(CNC(=O)C1(C(=O)Nc2ccc(F)cc2)CC1)N1CCCC1. The average molecular weight is 426 g/mol. The zero-order valence-corrected chi connectivity index (χ0v) is 17.7. The molecule has 2 fully saturated rings. The molecule has 1 aliphatic carbocycles. The number of carbonyl (C=O) groups is 2. The summed E-state index contributed by atoms with van der Waals surface area (Å²) in [5, 5.41) is 5.78. The van der Waals surface area contributed by atoms with Crippen LogP contribution < -0.4 is 15.4 Å². The number of amides is 2. The number of methoxy groups -OCH3 is 1. The Morgan fingerprint density at radius 1 is 1.06 bits per heavy atom. The molecule has 0 aromatic heterocycles. The van der Waals surface area contributed by atoms with Crippen LogP contribution in [0.4, 0.5) is 10.1 Å². The van der Waals surface area contributed by atoms with E-state index in [1.54, 1.807) is 7.11 Å². The lowest BCUT2D eigenvalue weighted by molar-refractivity contribution is -0.134. The topological polar surface area (TPSA) is 70.7 Å². The number of likely N-dealkylation sites (tertiary alicyclic amines) is 1. The first kappa shape index (κ1) is 21.3. The number of rotatable bonds is 8. The van der Waals surface area contributed by atoms with Crippen LogP contribution >= 0.6 is 0 Å². The van der Waals surface area contributed by atoms with E-state index in [2.05, 4.69) is 15.5 Å². The van der Waals surface area contributed by atoms with Crippen LogP contribution in [0.2, 0.25) is 0 Å². The molecule has 1 saturated carbocycles. The molecule has 1 aliphatic heterocycles. The predicted molar refractivity (Wildman–Crippen MR) is 116 cm³/mol. The molecule has 1 unspecified atom stereocenters. The monoisotopic (exact) mass is 425 g/mol. The van der Waals surface area contributed by atoms with Gasteiger partial charge in [0.1, 0.15) is 17.0 Å². The van der Waals surface area contributed by atoms with Crippen LogP contribution in [-0.2, 0) is 9.59 Å². The minimum Gasteiger partial charge on any atom is -0.496 e. The maximum absolute atomic E-state index is 13.1. The van der Waals surface area contributed by atoms with Gasteiger partial charge in [-0.1, -0.05) is 18.2 Å². The lowest BCUT2D eigenvalue weighted by Crippen LogP contribution is -2.43. The van der Waals surface area contributed by atoms with Gasteiger partial charge in [-0.25, -0.2) is 4.39 Å². The van der Waals surface area contributed by atoms with Crippen molar-refractivity contribution in [3.8, 4) is 5.75 Å². The fourth-order valence-electron chi connectivity index (χ4n) is 4.26. The van der Waals surface area contributed by atoms with Gasteiger partial charge in [-0.2, -0.15) is 0 Å². The Kier molecular flexibility index (Phi) is 6.23. The van der Waals surface area contributed by atoms with Crippen LogP contribution in [0.5, 0.6) is 5.75 Å². The van der Waals surface area contributed by atoms with E-state index < -0.39 is 5.41 Å². The molecule has 1 atom stereocenters. The average Bonchev–Trinajstić information content (AvgIpc) is 3.44. The number of hydrogen-bond donors (Lipinski definition) is 2. The molecule has 0 spiro atoms. The van der Waals surface area contributed by atoms with Gasteiger partial charge < -0.3 is 15.4 Å². The maximum atomic E-state index is 13.1. The van der Waals surface area contributed by atoms with Gasteiger partial charge in [0.05, 0.1) is 13.2 Å². The van der Waals surface area contributed by atoms with E-state index in [-0.39, 0.29) is 23.7 Å². The number of hydrogen-bond acceptors (Lipinski definition) is 4. The van der Waals surface area contributed by atoms with E-state index in [1.165, 1.54) is 24.3 Å². The van der Waals surface area contributed by atoms with Gasteiger partial charge in [-0.15, -0.1) is 0 Å². The summed E-state index contributed by atoms with van der Waals surface area (Å²) >= 11 is 0. The second kappa shape index (κ2) is 9.06. The Labute approximate surface area is 181 Å². The highest BCUT2D eigenvalue weighted by atomic mass is 19.1. The molecular formula is C24H28FN3O3. The van der Waals surface area contributed by atoms with Gasteiger partial charge in [-0.3, -0.25) is 14.5 Å². The van der Waals surface area contributed by atoms with E-state index >= 15 is 0 Å². The molecule has 2 aromatic carbocycles. The Morgan fingerprint density at radius 2 is 1.74 bits per heavy atom. The normalized spacial score (nSPS) is 18.3. The Morgan fingerprint density at radius 3 is 2.39 bits per heavy atom. The molecule has 0 bridgehead atoms. The number of benzene rings is 2. The van der Waals surface area contributed by atoms with Crippen molar-refractivity contribution in [3.05, 3.63) is 59.9 Å². The summed E-state index contributed by atoms with van der Waals surface area (Å²) in [6.07, 6.45) is 3.27. The zero-order valence-electron chi connectivity index (χ0n) is 17.7. The first-order valence-corrected chi connectivity index (χ1v) is 10.8. The molecule has 0 radical (unpaired) electrons. The van der Waals surface area contributed by atoms with Crippen LogP contribution in [-0.4, -0.2) is 43.5 Å². The summed E-state index contributed by atoms with van der Waals surface area (Å²) in [6.45, 7) is 2.34. The predicted octanol–water partition coefficient (Wildman–Crippen LogP) is 3.51. The molecule has 164 valence electrons. The number of ether oxygens (including phenoxy) is 1. The van der Waals surface area contributed by atoms with Gasteiger partial charge >= 0.3 is 0 Å². The van der Waals surface area contributed by atoms with Crippen molar-refractivity contribution in [2.24, 2.45) is 5.41 Å². The highest BCUT2D eigenvalue weighted by Crippen LogP contribution is 2.47. The number of anilines is 1. The third-order valence-electron chi connectivity index (χ3n) is 6.26. The van der Waals surface area contributed by atoms with Gasteiger partial charge in [0.2, 0.25) is 11.8 Å². The third-order valence-corrected chi connectivity index (χ3v) is 6.26. The number of carbonyl (C=O) groups excluding carboxylic acids is 2. The Hall–Kier alpha value is -2.93. The van der Waals surface area contributed by atoms with Crippen molar-refractivity contribution in [3.63, 3.8) is 0 Å². The van der Waals surface area contributed by atoms with Gasteiger partial charge in [0, 0.05) is 17.8 Å². The minimum absolute atomic E-state index is 0.0152. The lowest BCUT2D eigenvalue weighted by atomic mass is 10.0. The first-order chi connectivity index (χ1) is 15.0. The van der Waals surface area contributed by atoms with E-state index in [4.69, 9.17) is 4.74 Å². The fraction of sp³-hybridized carbons (Fsp3) is 0.417. The smallest absolute Gasteiger partial charge is 0.240 e. The van der Waals surface area contributed by atoms with Crippen LogP contribution in [0.25, 0.3) is 0 Å². The van der Waals surface area contributed by atoms with Crippen molar-refractivity contribution in [2.75, 3.05) is 32.1 Å². The largest absolute Gasteiger partial charge is 0.496 e. The van der Waals surface area contributed by atoms with Crippen molar-refractivity contribution >= 4 is 17.5 Å². The summed E-state index contributed by atoms with van der Waals surface area (Å²) in [5.74, 6) is -0.178. The van der Waals surface area contributed by atoms with E-state index in [0.29, 0.717) is 25.1 Å². The molecule has 2 aromatic rings. The summed E-state index contributed by atoms with van der Waals surface area (Å²) < 4.78 is 18.7. The Balaban J connectivity index is 1.44. The van der Waals surface area contributed by atoms with Crippen molar-refractivity contribution < 1.29 is 18.7 Å². The highest BCUT2D eigenvalue weighted by molar-refractivity contribution is 6.13. The minimum atomic E-state index is -1.05. The second-order valence-electron chi connectivity index (χ2n) is 8.25. The number of nitrogens with zero attached hydrogens (tertiary/aromatic N) is 1. The quantitative estimate of drug-likeness (QED) is 0.635. The summed E-state index contributed by atoms with van der Waals surface area (Å²) in [6, 6.07) is 13.4. The molecule has 2 N–H and O–H groups in total. The molecule has 1 heterocycles. The molecule has 7 heteroatoms. The van der Waals surface area contributed by atoms with E-state index in [1.807, 2.05) is 24.3 Å². The second-order valence-corrected chi connectivity index (χ2v) is 8.25. The first-order valence-electron chi connectivity index (χ1n) is 10.8. The van der Waals surface area contributed by atoms with Crippen molar-refractivity contribution in [2.45, 2.75) is 31.7 Å².